The molecule has 514 valence electrons. The zero-order valence-electron chi connectivity index (χ0n) is 59.5. The van der Waals surface area contributed by atoms with Gasteiger partial charge in [0.05, 0.1) is 54.2 Å². The largest absolute Gasteiger partial charge is 0.462 e. The van der Waals surface area contributed by atoms with Crippen LogP contribution >= 0.6 is 0 Å². The third-order valence-electron chi connectivity index (χ3n) is 26.2. The lowest BCUT2D eigenvalue weighted by Gasteiger charge is -2.38. The van der Waals surface area contributed by atoms with Gasteiger partial charge < -0.3 is 43.0 Å². The predicted octanol–water partition coefficient (Wildman–Crippen LogP) is 17.5. The van der Waals surface area contributed by atoms with Crippen molar-refractivity contribution in [3.8, 4) is 0 Å². The Labute approximate surface area is 541 Å². The van der Waals surface area contributed by atoms with Crippen molar-refractivity contribution in [2.45, 2.75) is 340 Å². The van der Waals surface area contributed by atoms with Crippen molar-refractivity contribution in [3.63, 3.8) is 0 Å². The molecule has 13 heteroatoms. The minimum atomic E-state index is -0.468. The van der Waals surface area contributed by atoms with E-state index in [1.54, 1.807) is 0 Å². The van der Waals surface area contributed by atoms with Gasteiger partial charge in [0, 0.05) is 24.0 Å². The second-order valence-corrected chi connectivity index (χ2v) is 34.2. The van der Waals surface area contributed by atoms with E-state index in [1.807, 2.05) is 13.8 Å². The molecule has 8 saturated carbocycles. The van der Waals surface area contributed by atoms with Crippen molar-refractivity contribution in [2.24, 2.45) is 91.7 Å². The Morgan fingerprint density at radius 3 is 1.25 bits per heavy atom. The van der Waals surface area contributed by atoms with Crippen LogP contribution in [0.15, 0.2) is 0 Å². The Bertz CT molecular complexity index is 2180. The zero-order valence-corrected chi connectivity index (χ0v) is 59.5. The Kier molecular flexibility index (Phi) is 27.0. The molecule has 0 aliphatic heterocycles. The highest BCUT2D eigenvalue weighted by Crippen LogP contribution is 2.67. The van der Waals surface area contributed by atoms with Gasteiger partial charge in [0.2, 0.25) is 0 Å². The summed E-state index contributed by atoms with van der Waals surface area (Å²) in [4.78, 5) is 54.1. The molecule has 0 amide bonds. The minimum absolute atomic E-state index is 0.00615. The lowest BCUT2D eigenvalue weighted by Crippen LogP contribution is -2.39. The maximum absolute atomic E-state index is 13.6. The number of esters is 4. The fourth-order valence-corrected chi connectivity index (χ4v) is 18.2. The summed E-state index contributed by atoms with van der Waals surface area (Å²) in [5, 5.41) is 9.50. The molecule has 0 aromatic heterocycles. The Morgan fingerprint density at radius 2 is 0.888 bits per heavy atom. The molecule has 12 atom stereocenters. The summed E-state index contributed by atoms with van der Waals surface area (Å²) >= 11 is 0. The first kappa shape index (κ1) is 74.1. The lowest BCUT2D eigenvalue weighted by atomic mass is 9.70. The monoisotopic (exact) mass is 1250 g/mol. The van der Waals surface area contributed by atoms with E-state index in [0.717, 1.165) is 128 Å². The number of hydrogen-bond donors (Lipinski definition) is 1. The molecular weight excluding hydrogens is 1120 g/mol. The van der Waals surface area contributed by atoms with Crippen LogP contribution in [-0.2, 0) is 57.1 Å². The Balaban J connectivity index is 0.000000254. The van der Waals surface area contributed by atoms with E-state index in [2.05, 4.69) is 96.9 Å². The third-order valence-corrected chi connectivity index (χ3v) is 26.2. The molecule has 0 saturated heterocycles. The van der Waals surface area contributed by atoms with Gasteiger partial charge in [-0.05, 0) is 224 Å². The number of aliphatic hydroxyl groups excluding tert-OH is 1. The van der Waals surface area contributed by atoms with E-state index < -0.39 is 17.8 Å². The highest BCUT2D eigenvalue weighted by molar-refractivity contribution is 5.77. The molecule has 0 aromatic rings. The summed E-state index contributed by atoms with van der Waals surface area (Å²) in [5.74, 6) is 0.871. The first-order valence-corrected chi connectivity index (χ1v) is 36.8. The fourth-order valence-electron chi connectivity index (χ4n) is 18.2. The Morgan fingerprint density at radius 1 is 0.483 bits per heavy atom. The Hall–Kier alpha value is -2.32. The lowest BCUT2D eigenvalue weighted by molar-refractivity contribution is -0.173. The van der Waals surface area contributed by atoms with Gasteiger partial charge >= 0.3 is 23.9 Å². The summed E-state index contributed by atoms with van der Waals surface area (Å²) in [6, 6.07) is 0. The molecular formula is C76H132O13. The molecule has 4 bridgehead atoms. The van der Waals surface area contributed by atoms with E-state index in [4.69, 9.17) is 37.9 Å². The van der Waals surface area contributed by atoms with Gasteiger partial charge in [-0.1, -0.05) is 130 Å². The molecule has 8 fully saturated rings. The molecule has 89 heavy (non-hydrogen) atoms. The van der Waals surface area contributed by atoms with Crippen LogP contribution in [0.1, 0.15) is 297 Å². The van der Waals surface area contributed by atoms with Crippen LogP contribution in [-0.4, -0.2) is 98.5 Å². The highest BCUT2D eigenvalue weighted by atomic mass is 16.7. The van der Waals surface area contributed by atoms with E-state index in [1.165, 1.54) is 32.1 Å². The van der Waals surface area contributed by atoms with Crippen molar-refractivity contribution in [3.05, 3.63) is 0 Å². The molecule has 8 rings (SSSR count). The number of carbonyl (C=O) groups is 4. The molecule has 1 N–H and O–H groups in total. The van der Waals surface area contributed by atoms with E-state index >= 15 is 0 Å². The maximum Gasteiger partial charge on any atom is 0.311 e. The fraction of sp³-hybridized carbons (Fsp3) is 0.947. The first-order chi connectivity index (χ1) is 41.9. The third kappa shape index (κ3) is 19.2. The van der Waals surface area contributed by atoms with Crippen LogP contribution in [0, 0.1) is 91.7 Å². The molecule has 0 spiro atoms. The molecule has 13 nitrogen and oxygen atoms in total. The van der Waals surface area contributed by atoms with Crippen molar-refractivity contribution >= 4 is 23.9 Å². The van der Waals surface area contributed by atoms with Crippen molar-refractivity contribution < 1.29 is 62.2 Å². The average Bonchev–Trinajstić information content (AvgIpc) is 1.57. The van der Waals surface area contributed by atoms with Crippen LogP contribution in [0.5, 0.6) is 0 Å². The average molecular weight is 1250 g/mol. The van der Waals surface area contributed by atoms with Crippen molar-refractivity contribution in [2.75, 3.05) is 26.8 Å². The molecule has 8 aliphatic rings. The number of fused-ring (bicyclic) bond motifs is 4. The molecule has 0 heterocycles. The topological polar surface area (TPSA) is 162 Å². The van der Waals surface area contributed by atoms with Gasteiger partial charge in [0.15, 0.2) is 13.6 Å². The summed E-state index contributed by atoms with van der Waals surface area (Å²) in [6.07, 6.45) is 29.1. The highest BCUT2D eigenvalue weighted by Gasteiger charge is 2.64. The first-order valence-electron chi connectivity index (χ1n) is 36.8. The number of ether oxygens (including phenoxy) is 8. The minimum Gasteiger partial charge on any atom is -0.462 e. The van der Waals surface area contributed by atoms with E-state index in [0.29, 0.717) is 78.6 Å². The van der Waals surface area contributed by atoms with E-state index in [9.17, 15) is 24.3 Å². The van der Waals surface area contributed by atoms with E-state index in [-0.39, 0.29) is 114 Å². The van der Waals surface area contributed by atoms with Gasteiger partial charge in [-0.15, -0.1) is 0 Å². The van der Waals surface area contributed by atoms with Gasteiger partial charge in [-0.3, -0.25) is 19.2 Å². The normalized spacial score (nSPS) is 33.9. The second kappa shape index (κ2) is 32.4. The number of hydrogen-bond acceptors (Lipinski definition) is 13. The number of aliphatic hydroxyl groups is 1. The van der Waals surface area contributed by atoms with Crippen molar-refractivity contribution in [1.82, 2.24) is 0 Å². The van der Waals surface area contributed by atoms with Crippen LogP contribution in [0.3, 0.4) is 0 Å². The summed E-state index contributed by atoms with van der Waals surface area (Å²) in [6.45, 7) is 36.7. The molecule has 0 aromatic carbocycles. The second-order valence-electron chi connectivity index (χ2n) is 34.2. The quantitative estimate of drug-likeness (QED) is 0.0448. The van der Waals surface area contributed by atoms with Gasteiger partial charge in [0.25, 0.3) is 0 Å². The zero-order chi connectivity index (χ0) is 65.1. The van der Waals surface area contributed by atoms with Crippen LogP contribution in [0.25, 0.3) is 0 Å². The number of carbonyl (C=O) groups excluding carboxylic acids is 4. The van der Waals surface area contributed by atoms with Gasteiger partial charge in [-0.2, -0.15) is 0 Å². The van der Waals surface area contributed by atoms with Crippen LogP contribution in [0.4, 0.5) is 0 Å². The molecule has 12 unspecified atom stereocenters. The molecule has 0 radical (unpaired) electrons. The maximum atomic E-state index is 13.6. The van der Waals surface area contributed by atoms with Crippen molar-refractivity contribution in [1.29, 1.82) is 0 Å². The smallest absolute Gasteiger partial charge is 0.311 e. The standard InChI is InChI=1S/C39H68O7.C37H64O6/c1-9-32(43-24-28-12-10-27(23-40)11-13-28)21-29(36(42)45-25-44-33-16-14-30(15-17-33)37(3,4)5)20-26(2)35(41)46-34-22-31-18-19-39(34,8)38(31,6)7;1-9-29(42-31-13-11-10-12-14-31)22-26(34(39)41-24-40-30-17-15-27(16-18-30)35(3,4)5)21-25(2)33(38)43-32-23-28-19-20-37(32,8)36(28,6)7/h26-34,40H,9-25H2,1-8H3;25-32H,9-24H2,1-8H3. The van der Waals surface area contributed by atoms with Gasteiger partial charge in [0.1, 0.15) is 12.2 Å². The van der Waals surface area contributed by atoms with Crippen LogP contribution in [0.2, 0.25) is 0 Å². The summed E-state index contributed by atoms with van der Waals surface area (Å²) in [7, 11) is 0. The molecule has 8 aliphatic carbocycles. The predicted molar refractivity (Wildman–Crippen MR) is 351 cm³/mol. The summed E-state index contributed by atoms with van der Waals surface area (Å²) in [5.41, 5.74) is 1.02. The van der Waals surface area contributed by atoms with Gasteiger partial charge in [-0.25, -0.2) is 0 Å². The summed E-state index contributed by atoms with van der Waals surface area (Å²) < 4.78 is 49.0. The van der Waals surface area contributed by atoms with Crippen LogP contribution < -0.4 is 0 Å². The number of rotatable bonds is 28. The SMILES string of the molecule is CCC(CC(CC(C)C(=O)OC1CC2CCC1(C)C2(C)C)C(=O)OCOC1CCC(C(C)(C)C)CC1)OC1CCCCC1.CCC(CC(CC(C)C(=O)OC1CC2CCC1(C)C2(C)C)C(=O)OCOC1CCC(C(C)(C)C)CC1)OCC1CCC(CO)CC1.